The van der Waals surface area contributed by atoms with Crippen LogP contribution in [0.3, 0.4) is 0 Å². The van der Waals surface area contributed by atoms with Gasteiger partial charge >= 0.3 is 60.8 Å². The predicted octanol–water partition coefficient (Wildman–Crippen LogP) is -0.742. The summed E-state index contributed by atoms with van der Waals surface area (Å²) in [6.07, 6.45) is 0. The van der Waals surface area contributed by atoms with Gasteiger partial charge in [0.05, 0.1) is 0 Å². The first-order chi connectivity index (χ1) is 0. The van der Waals surface area contributed by atoms with Crippen molar-refractivity contribution in [1.82, 2.24) is 0 Å². The summed E-state index contributed by atoms with van der Waals surface area (Å²) in [4.78, 5) is 0. The van der Waals surface area contributed by atoms with Crippen molar-refractivity contribution >= 4 is 17.4 Å². The van der Waals surface area contributed by atoms with Gasteiger partial charge in [-0.2, -0.15) is 0 Å². The summed E-state index contributed by atoms with van der Waals surface area (Å²) < 4.78 is 0. The van der Waals surface area contributed by atoms with Crippen LogP contribution in [0.25, 0.3) is 0 Å². The Kier molecular flexibility index (Phi) is 1240. The van der Waals surface area contributed by atoms with E-state index in [1.165, 1.54) is 0 Å². The molecule has 24 valence electrons. The van der Waals surface area contributed by atoms with Crippen LogP contribution in [-0.4, -0.2) is 17.4 Å². The number of hydrogen-bond donors (Lipinski definition) is 0. The predicted molar refractivity (Wildman–Crippen MR) is 7.81 cm³/mol. The Morgan fingerprint density at radius 3 is 0.500 bits per heavy atom. The largest absolute Gasteiger partial charge is 4.00 e. The Labute approximate surface area is 76.7 Å². The molecule has 0 unspecified atom stereocenters. The Balaban J connectivity index is 0. The van der Waals surface area contributed by atoms with E-state index in [1.54, 1.807) is 0 Å². The van der Waals surface area contributed by atoms with Gasteiger partial charge in [0.25, 0.3) is 0 Å². The number of rotatable bonds is 0. The molecule has 0 aromatic carbocycles. The summed E-state index contributed by atoms with van der Waals surface area (Å²) in [5.41, 5.74) is 0. The van der Waals surface area contributed by atoms with Crippen molar-refractivity contribution in [3.05, 3.63) is 0 Å². The average molecular weight is 171 g/mol. The van der Waals surface area contributed by atoms with E-state index < -0.39 is 0 Å². The van der Waals surface area contributed by atoms with Gasteiger partial charge in [-0.15, -0.1) is 0 Å². The molecule has 0 radical (unpaired) electrons. The molecular formula is AlO3Ti2+5. The van der Waals surface area contributed by atoms with Gasteiger partial charge < -0.3 is 16.4 Å². The monoisotopic (exact) mass is 171 g/mol. The molecule has 3 nitrogen and oxygen atoms in total. The SMILES string of the molecule is [Al+3].[O-2].[O-2].[O-2].[Ti+4].[Ti+4]. The van der Waals surface area contributed by atoms with Crippen molar-refractivity contribution in [3.63, 3.8) is 0 Å². The second-order valence-electron chi connectivity index (χ2n) is 0. The van der Waals surface area contributed by atoms with Crippen molar-refractivity contribution in [2.75, 3.05) is 0 Å². The van der Waals surface area contributed by atoms with Crippen LogP contribution in [0.15, 0.2) is 0 Å². The van der Waals surface area contributed by atoms with E-state index in [2.05, 4.69) is 0 Å². The molecular weight excluding hydrogens is 171 g/mol. The molecule has 0 heterocycles. The van der Waals surface area contributed by atoms with Crippen molar-refractivity contribution in [2.24, 2.45) is 0 Å². The first kappa shape index (κ1) is 108. The minimum atomic E-state index is 0. The second-order valence-corrected chi connectivity index (χ2v) is 0. The Morgan fingerprint density at radius 1 is 0.500 bits per heavy atom. The van der Waals surface area contributed by atoms with Crippen LogP contribution < -0.4 is 0 Å². The Morgan fingerprint density at radius 2 is 0.500 bits per heavy atom. The zero-order valence-corrected chi connectivity index (χ0v) is 7.08. The van der Waals surface area contributed by atoms with E-state index in [1.807, 2.05) is 0 Å². The summed E-state index contributed by atoms with van der Waals surface area (Å²) in [6, 6.07) is 0. The van der Waals surface area contributed by atoms with Crippen LogP contribution >= 0.6 is 0 Å². The summed E-state index contributed by atoms with van der Waals surface area (Å²) in [5, 5.41) is 0. The smallest absolute Gasteiger partial charge is 2.00 e. The minimum absolute atomic E-state index is 0. The summed E-state index contributed by atoms with van der Waals surface area (Å²) in [6.45, 7) is 0. The maximum atomic E-state index is 0. The van der Waals surface area contributed by atoms with Crippen LogP contribution in [0.2, 0.25) is 0 Å². The van der Waals surface area contributed by atoms with E-state index >= 15 is 0 Å². The topological polar surface area (TPSA) is 85.5 Å². The van der Waals surface area contributed by atoms with Crippen LogP contribution in [0.1, 0.15) is 0 Å². The molecule has 0 spiro atoms. The minimum Gasteiger partial charge on any atom is -2.00 e. The van der Waals surface area contributed by atoms with E-state index in [0.29, 0.717) is 0 Å². The third-order valence-corrected chi connectivity index (χ3v) is 0. The molecule has 6 heavy (non-hydrogen) atoms. The molecule has 0 atom stereocenters. The van der Waals surface area contributed by atoms with Gasteiger partial charge in [0.15, 0.2) is 0 Å². The van der Waals surface area contributed by atoms with Gasteiger partial charge in [-0.3, -0.25) is 0 Å². The Hall–Kier alpha value is 1.84. The molecule has 0 aromatic heterocycles. The third kappa shape index (κ3) is 40.4. The van der Waals surface area contributed by atoms with Gasteiger partial charge in [0, 0.05) is 0 Å². The summed E-state index contributed by atoms with van der Waals surface area (Å²) in [5.74, 6) is 0. The molecule has 0 rings (SSSR count). The first-order valence-corrected chi connectivity index (χ1v) is 0. The fourth-order valence-electron chi connectivity index (χ4n) is 0. The van der Waals surface area contributed by atoms with E-state index in [-0.39, 0.29) is 77.2 Å². The van der Waals surface area contributed by atoms with Crippen molar-refractivity contribution in [2.45, 2.75) is 0 Å². The van der Waals surface area contributed by atoms with Crippen LogP contribution in [0.4, 0.5) is 0 Å². The fourth-order valence-corrected chi connectivity index (χ4v) is 0. The molecule has 0 aliphatic heterocycles. The van der Waals surface area contributed by atoms with Gasteiger partial charge in [0.2, 0.25) is 0 Å². The third-order valence-electron chi connectivity index (χ3n) is 0. The summed E-state index contributed by atoms with van der Waals surface area (Å²) >= 11 is 0. The van der Waals surface area contributed by atoms with E-state index in [0.717, 1.165) is 0 Å². The zero-order chi connectivity index (χ0) is 0. The molecule has 0 saturated carbocycles. The molecule has 6 heteroatoms. The standard InChI is InChI=1S/Al.3O.2Ti/q+3;3*-2;2*+4. The van der Waals surface area contributed by atoms with Crippen LogP contribution in [0, 0.1) is 0 Å². The van der Waals surface area contributed by atoms with Gasteiger partial charge in [0.1, 0.15) is 0 Å². The normalized spacial score (nSPS) is 0. The molecule has 0 aliphatic carbocycles. The van der Waals surface area contributed by atoms with Gasteiger partial charge in [-0.25, -0.2) is 0 Å². The molecule has 0 saturated heterocycles. The number of hydrogen-bond acceptors (Lipinski definition) is 0. The molecule has 0 N–H and O–H groups in total. The van der Waals surface area contributed by atoms with E-state index in [9.17, 15) is 0 Å². The maximum absolute atomic E-state index is 0. The van der Waals surface area contributed by atoms with Crippen molar-refractivity contribution < 1.29 is 59.9 Å². The van der Waals surface area contributed by atoms with Crippen molar-refractivity contribution in [3.8, 4) is 0 Å². The molecule has 0 aliphatic rings. The maximum Gasteiger partial charge on any atom is 4.00 e. The summed E-state index contributed by atoms with van der Waals surface area (Å²) in [7, 11) is 0. The van der Waals surface area contributed by atoms with Crippen molar-refractivity contribution in [1.29, 1.82) is 0 Å². The molecule has 0 aromatic rings. The second kappa shape index (κ2) is 68.9. The first-order valence-electron chi connectivity index (χ1n) is 0. The molecule has 0 amide bonds. The molecule has 0 bridgehead atoms. The fraction of sp³-hybridized carbons (Fsp3) is 0. The van der Waals surface area contributed by atoms with Gasteiger partial charge in [-0.05, 0) is 0 Å². The average Bonchev–Trinajstić information content (AvgIpc) is 0. The van der Waals surface area contributed by atoms with Crippen LogP contribution in [0.5, 0.6) is 0 Å². The van der Waals surface area contributed by atoms with Crippen LogP contribution in [-0.2, 0) is 59.9 Å². The Bertz CT molecular complexity index is 8.75. The van der Waals surface area contributed by atoms with E-state index in [4.69, 9.17) is 0 Å². The van der Waals surface area contributed by atoms with Gasteiger partial charge in [-0.1, -0.05) is 0 Å². The quantitative estimate of drug-likeness (QED) is 0.429. The molecule has 0 fully saturated rings. The zero-order valence-electron chi connectivity index (χ0n) is 2.80.